The zero-order chi connectivity index (χ0) is 26.9. The molecular weight excluding hydrogens is 535 g/mol. The van der Waals surface area contributed by atoms with Crippen molar-refractivity contribution in [2.75, 3.05) is 6.61 Å². The molecule has 0 saturated heterocycles. The molecule has 0 radical (unpaired) electrons. The highest BCUT2D eigenvalue weighted by Gasteiger charge is 2.32. The maximum Gasteiger partial charge on any atom is 0.356 e. The molecule has 0 spiro atoms. The number of carbonyl (C=O) groups is 2. The Bertz CT molecular complexity index is 1660. The molecule has 4 rings (SSSR count). The first-order chi connectivity index (χ1) is 17.6. The Balaban J connectivity index is 2.19. The van der Waals surface area contributed by atoms with Crippen molar-refractivity contribution in [1.82, 2.24) is 3.97 Å². The third kappa shape index (κ3) is 5.00. The number of benzene rings is 3. The Hall–Kier alpha value is -3.59. The van der Waals surface area contributed by atoms with E-state index in [4.69, 9.17) is 33.7 Å². The molecule has 0 unspecified atom stereocenters. The fourth-order valence-corrected chi connectivity index (χ4v) is 6.08. The molecule has 37 heavy (non-hydrogen) atoms. The van der Waals surface area contributed by atoms with E-state index in [-0.39, 0.29) is 49.3 Å². The summed E-state index contributed by atoms with van der Waals surface area (Å²) in [6.07, 6.45) is 1.35. The molecule has 0 atom stereocenters. The minimum Gasteiger partial charge on any atom is -0.461 e. The van der Waals surface area contributed by atoms with Crippen LogP contribution in [0.2, 0.25) is 10.0 Å². The second kappa shape index (κ2) is 10.4. The standard InChI is InChI=1S/C27H22Cl2N2O5S/c1-3-36-27(33)25-21(15-20(26(30)32)17-7-5-4-6-8-17)24-22(29)13-18(28)14-23(24)31(25)37(34,35)19-11-9-16(2)10-12-19/h4-15H,3H2,1-2H3,(H2,30,32). The van der Waals surface area contributed by atoms with Gasteiger partial charge < -0.3 is 10.5 Å². The van der Waals surface area contributed by atoms with E-state index in [9.17, 15) is 18.0 Å². The number of hydrogen-bond donors (Lipinski definition) is 1. The van der Waals surface area contributed by atoms with Gasteiger partial charge in [0.2, 0.25) is 5.91 Å². The number of aromatic nitrogens is 1. The van der Waals surface area contributed by atoms with Crippen LogP contribution in [0.25, 0.3) is 22.6 Å². The van der Waals surface area contributed by atoms with E-state index < -0.39 is 21.9 Å². The van der Waals surface area contributed by atoms with Crippen molar-refractivity contribution in [2.45, 2.75) is 18.7 Å². The number of halogens is 2. The monoisotopic (exact) mass is 556 g/mol. The molecule has 4 aromatic rings. The molecule has 0 saturated carbocycles. The maximum absolute atomic E-state index is 14.0. The maximum atomic E-state index is 14.0. The van der Waals surface area contributed by atoms with Gasteiger partial charge in [-0.15, -0.1) is 0 Å². The molecule has 0 aliphatic heterocycles. The van der Waals surface area contributed by atoms with E-state index in [1.807, 2.05) is 6.92 Å². The number of hydrogen-bond acceptors (Lipinski definition) is 5. The van der Waals surface area contributed by atoms with E-state index >= 15 is 0 Å². The number of esters is 1. The Morgan fingerprint density at radius 3 is 2.27 bits per heavy atom. The van der Waals surface area contributed by atoms with E-state index in [2.05, 4.69) is 0 Å². The van der Waals surface area contributed by atoms with Crippen LogP contribution in [-0.2, 0) is 19.6 Å². The number of nitrogens with two attached hydrogens (primary N) is 1. The number of amides is 1. The first kappa shape index (κ1) is 26.5. The molecule has 7 nitrogen and oxygen atoms in total. The van der Waals surface area contributed by atoms with Crippen LogP contribution >= 0.6 is 23.2 Å². The van der Waals surface area contributed by atoms with Crippen LogP contribution in [0.1, 0.15) is 34.1 Å². The summed E-state index contributed by atoms with van der Waals surface area (Å²) < 4.78 is 34.1. The summed E-state index contributed by atoms with van der Waals surface area (Å²) in [7, 11) is -4.36. The molecule has 1 amide bonds. The van der Waals surface area contributed by atoms with Gasteiger partial charge in [-0.05, 0) is 49.8 Å². The molecule has 10 heteroatoms. The van der Waals surface area contributed by atoms with Gasteiger partial charge in [-0.2, -0.15) is 0 Å². The van der Waals surface area contributed by atoms with Gasteiger partial charge in [0, 0.05) is 21.5 Å². The van der Waals surface area contributed by atoms with Gasteiger partial charge in [-0.25, -0.2) is 17.2 Å². The average Bonchev–Trinajstić information content (AvgIpc) is 3.18. The van der Waals surface area contributed by atoms with Gasteiger partial charge >= 0.3 is 5.97 Å². The molecule has 1 aromatic heterocycles. The van der Waals surface area contributed by atoms with Crippen molar-refractivity contribution >= 4 is 67.7 Å². The zero-order valence-electron chi connectivity index (χ0n) is 19.9. The van der Waals surface area contributed by atoms with Gasteiger partial charge in [0.1, 0.15) is 0 Å². The number of primary amides is 1. The van der Waals surface area contributed by atoms with E-state index in [0.29, 0.717) is 5.56 Å². The number of ether oxygens (including phenoxy) is 1. The number of aryl methyl sites for hydroxylation is 1. The first-order valence-corrected chi connectivity index (χ1v) is 13.4. The summed E-state index contributed by atoms with van der Waals surface area (Å²) in [5.41, 5.74) is 6.84. The highest BCUT2D eigenvalue weighted by Crippen LogP contribution is 2.39. The SMILES string of the molecule is CCOC(=O)c1c(C=C(C(N)=O)c2ccccc2)c2c(Cl)cc(Cl)cc2n1S(=O)(=O)c1ccc(C)cc1. The number of fused-ring (bicyclic) bond motifs is 1. The van der Waals surface area contributed by atoms with Crippen molar-refractivity contribution in [3.8, 4) is 0 Å². The van der Waals surface area contributed by atoms with E-state index in [1.165, 1.54) is 30.3 Å². The molecular formula is C27H22Cl2N2O5S. The van der Waals surface area contributed by atoms with Crippen molar-refractivity contribution in [3.63, 3.8) is 0 Å². The van der Waals surface area contributed by atoms with E-state index in [0.717, 1.165) is 9.54 Å². The lowest BCUT2D eigenvalue weighted by atomic mass is 10.0. The van der Waals surface area contributed by atoms with Crippen LogP contribution in [0, 0.1) is 6.92 Å². The molecule has 0 aliphatic carbocycles. The van der Waals surface area contributed by atoms with Crippen molar-refractivity contribution in [2.24, 2.45) is 5.73 Å². The normalized spacial score (nSPS) is 12.1. The molecule has 0 bridgehead atoms. The van der Waals surface area contributed by atoms with Crippen LogP contribution < -0.4 is 5.73 Å². The Morgan fingerprint density at radius 1 is 1.03 bits per heavy atom. The second-order valence-electron chi connectivity index (χ2n) is 8.14. The number of nitrogens with zero attached hydrogens (tertiary/aromatic N) is 1. The molecule has 0 fully saturated rings. The summed E-state index contributed by atoms with van der Waals surface area (Å²) in [5, 5.41) is 0.424. The quantitative estimate of drug-likeness (QED) is 0.232. The Morgan fingerprint density at radius 2 is 1.68 bits per heavy atom. The Kier molecular flexibility index (Phi) is 7.45. The summed E-state index contributed by atoms with van der Waals surface area (Å²) in [4.78, 5) is 25.8. The van der Waals surface area contributed by atoms with Gasteiger partial charge in [0.15, 0.2) is 5.69 Å². The van der Waals surface area contributed by atoms with Gasteiger partial charge in [-0.1, -0.05) is 71.2 Å². The lowest BCUT2D eigenvalue weighted by molar-refractivity contribution is -0.112. The highest BCUT2D eigenvalue weighted by molar-refractivity contribution is 7.90. The Labute approximate surface area is 224 Å². The lowest BCUT2D eigenvalue weighted by Gasteiger charge is -2.12. The minimum atomic E-state index is -4.36. The van der Waals surface area contributed by atoms with Gasteiger partial charge in [0.25, 0.3) is 10.0 Å². The fourth-order valence-electron chi connectivity index (χ4n) is 3.99. The van der Waals surface area contributed by atoms with Crippen molar-refractivity contribution in [3.05, 3.63) is 99.2 Å². The smallest absolute Gasteiger partial charge is 0.356 e. The predicted octanol–water partition coefficient (Wildman–Crippen LogP) is 5.70. The van der Waals surface area contributed by atoms with Crippen molar-refractivity contribution in [1.29, 1.82) is 0 Å². The van der Waals surface area contributed by atoms with E-state index in [1.54, 1.807) is 49.4 Å². The highest BCUT2D eigenvalue weighted by atomic mass is 35.5. The zero-order valence-corrected chi connectivity index (χ0v) is 22.2. The van der Waals surface area contributed by atoms with Crippen LogP contribution in [0.4, 0.5) is 0 Å². The minimum absolute atomic E-state index is 0.0239. The third-order valence-corrected chi connectivity index (χ3v) is 7.89. The van der Waals surface area contributed by atoms with Crippen LogP contribution in [0.3, 0.4) is 0 Å². The predicted molar refractivity (Wildman–Crippen MR) is 145 cm³/mol. The largest absolute Gasteiger partial charge is 0.461 e. The van der Waals surface area contributed by atoms with Gasteiger partial charge in [0.05, 0.1) is 22.0 Å². The molecule has 0 aliphatic rings. The van der Waals surface area contributed by atoms with Crippen LogP contribution in [0.5, 0.6) is 0 Å². The fraction of sp³-hybridized carbons (Fsp3) is 0.111. The van der Waals surface area contributed by atoms with Crippen LogP contribution in [-0.4, -0.2) is 30.9 Å². The average molecular weight is 557 g/mol. The summed E-state index contributed by atoms with van der Waals surface area (Å²) in [5.74, 6) is -1.71. The molecule has 2 N–H and O–H groups in total. The third-order valence-electron chi connectivity index (χ3n) is 5.65. The van der Waals surface area contributed by atoms with Crippen LogP contribution in [0.15, 0.2) is 71.6 Å². The molecule has 190 valence electrons. The first-order valence-electron chi connectivity index (χ1n) is 11.2. The summed E-state index contributed by atoms with van der Waals surface area (Å²) in [6.45, 7) is 3.39. The topological polar surface area (TPSA) is 108 Å². The summed E-state index contributed by atoms with van der Waals surface area (Å²) >= 11 is 12.8. The molecule has 3 aromatic carbocycles. The molecule has 1 heterocycles. The van der Waals surface area contributed by atoms with Gasteiger partial charge in [-0.3, -0.25) is 4.79 Å². The number of carbonyl (C=O) groups excluding carboxylic acids is 2. The summed E-state index contributed by atoms with van der Waals surface area (Å²) in [6, 6.07) is 17.5. The number of rotatable bonds is 7. The van der Waals surface area contributed by atoms with Crippen molar-refractivity contribution < 1.29 is 22.7 Å². The second-order valence-corrected chi connectivity index (χ2v) is 10.8. The lowest BCUT2D eigenvalue weighted by Crippen LogP contribution is -2.21.